The van der Waals surface area contributed by atoms with Crippen LogP contribution in [0.5, 0.6) is 5.75 Å². The summed E-state index contributed by atoms with van der Waals surface area (Å²) in [7, 11) is 0. The molecule has 0 aromatic heterocycles. The number of halogens is 3. The molecule has 2 aromatic carbocycles. The zero-order chi connectivity index (χ0) is 14.0. The number of aryl methyl sites for hydroxylation is 1. The van der Waals surface area contributed by atoms with E-state index in [1.54, 1.807) is 30.3 Å². The van der Waals surface area contributed by atoms with Gasteiger partial charge in [-0.15, -0.1) is 10.2 Å². The summed E-state index contributed by atoms with van der Waals surface area (Å²) in [6.07, 6.45) is 0. The highest BCUT2D eigenvalue weighted by Crippen LogP contribution is 2.37. The lowest BCUT2D eigenvalue weighted by molar-refractivity contribution is 0.473. The first-order chi connectivity index (χ1) is 8.97. The van der Waals surface area contributed by atoms with Crippen LogP contribution in [-0.4, -0.2) is 5.11 Å². The van der Waals surface area contributed by atoms with E-state index in [0.717, 1.165) is 5.56 Å². The first-order valence-corrected chi connectivity index (χ1v) is 6.88. The predicted octanol–water partition coefficient (Wildman–Crippen LogP) is 6.19. The monoisotopic (exact) mass is 358 g/mol. The van der Waals surface area contributed by atoms with Crippen LogP contribution >= 0.6 is 39.1 Å². The SMILES string of the molecule is Cc1cc(Br)c(O)c(N=Nc2ccc(Cl)cc2Cl)c1. The standard InChI is InChI=1S/C13H9BrCl2N2O/c1-7-4-9(14)13(19)12(5-7)18-17-11-3-2-8(15)6-10(11)16/h2-6,19H,1H3. The fraction of sp³-hybridized carbons (Fsp3) is 0.0769. The number of azo groups is 1. The van der Waals surface area contributed by atoms with E-state index in [4.69, 9.17) is 23.2 Å². The van der Waals surface area contributed by atoms with Crippen molar-refractivity contribution < 1.29 is 5.11 Å². The van der Waals surface area contributed by atoms with Crippen LogP contribution in [0.3, 0.4) is 0 Å². The minimum absolute atomic E-state index is 0.0411. The third-order valence-corrected chi connectivity index (χ3v) is 3.51. The minimum Gasteiger partial charge on any atom is -0.505 e. The van der Waals surface area contributed by atoms with E-state index in [0.29, 0.717) is 25.9 Å². The Balaban J connectivity index is 2.38. The molecule has 1 N–H and O–H groups in total. The zero-order valence-electron chi connectivity index (χ0n) is 9.86. The molecule has 0 atom stereocenters. The van der Waals surface area contributed by atoms with Gasteiger partial charge in [0, 0.05) is 5.02 Å². The maximum absolute atomic E-state index is 9.86. The van der Waals surface area contributed by atoms with Gasteiger partial charge in [0.25, 0.3) is 0 Å². The van der Waals surface area contributed by atoms with Gasteiger partial charge in [-0.3, -0.25) is 0 Å². The molecule has 0 aliphatic rings. The maximum Gasteiger partial charge on any atom is 0.157 e. The molecule has 0 radical (unpaired) electrons. The lowest BCUT2D eigenvalue weighted by Gasteiger charge is -2.03. The summed E-state index contributed by atoms with van der Waals surface area (Å²) in [4.78, 5) is 0. The molecule has 0 aliphatic heterocycles. The molecule has 0 spiro atoms. The van der Waals surface area contributed by atoms with Crippen molar-refractivity contribution in [3.63, 3.8) is 0 Å². The van der Waals surface area contributed by atoms with E-state index in [-0.39, 0.29) is 5.75 Å². The maximum atomic E-state index is 9.86. The van der Waals surface area contributed by atoms with Gasteiger partial charge in [0.15, 0.2) is 5.75 Å². The number of hydrogen-bond donors (Lipinski definition) is 1. The summed E-state index contributed by atoms with van der Waals surface area (Å²) in [5.41, 5.74) is 1.82. The average Bonchev–Trinajstić information content (AvgIpc) is 2.33. The molecule has 0 saturated carbocycles. The summed E-state index contributed by atoms with van der Waals surface area (Å²) in [6.45, 7) is 1.90. The molecule has 2 aromatic rings. The Hall–Kier alpha value is -1.10. The summed E-state index contributed by atoms with van der Waals surface area (Å²) < 4.78 is 0.573. The number of phenols is 1. The topological polar surface area (TPSA) is 45.0 Å². The third-order valence-electron chi connectivity index (χ3n) is 2.36. The van der Waals surface area contributed by atoms with Crippen LogP contribution in [0, 0.1) is 6.92 Å². The van der Waals surface area contributed by atoms with Crippen molar-refractivity contribution in [2.24, 2.45) is 10.2 Å². The van der Waals surface area contributed by atoms with E-state index in [1.165, 1.54) is 0 Å². The Labute approximate surface area is 129 Å². The van der Waals surface area contributed by atoms with Gasteiger partial charge in [0.2, 0.25) is 0 Å². The number of nitrogens with zero attached hydrogens (tertiary/aromatic N) is 2. The van der Waals surface area contributed by atoms with Gasteiger partial charge < -0.3 is 5.11 Å². The predicted molar refractivity (Wildman–Crippen MR) is 81.2 cm³/mol. The largest absolute Gasteiger partial charge is 0.505 e. The van der Waals surface area contributed by atoms with Crippen LogP contribution in [0.4, 0.5) is 11.4 Å². The van der Waals surface area contributed by atoms with Gasteiger partial charge in [-0.1, -0.05) is 23.2 Å². The van der Waals surface area contributed by atoms with E-state index in [9.17, 15) is 5.11 Å². The Morgan fingerprint density at radius 1 is 1.05 bits per heavy atom. The van der Waals surface area contributed by atoms with E-state index < -0.39 is 0 Å². The normalized spacial score (nSPS) is 11.2. The number of benzene rings is 2. The molecule has 0 unspecified atom stereocenters. The van der Waals surface area contributed by atoms with Gasteiger partial charge >= 0.3 is 0 Å². The van der Waals surface area contributed by atoms with Crippen molar-refractivity contribution in [1.29, 1.82) is 0 Å². The van der Waals surface area contributed by atoms with E-state index in [2.05, 4.69) is 26.2 Å². The fourth-order valence-corrected chi connectivity index (χ4v) is 2.47. The molecule has 0 heterocycles. The van der Waals surface area contributed by atoms with Crippen molar-refractivity contribution in [3.8, 4) is 5.75 Å². The van der Waals surface area contributed by atoms with E-state index in [1.807, 2.05) is 6.92 Å². The first-order valence-electron chi connectivity index (χ1n) is 5.33. The molecule has 0 saturated heterocycles. The van der Waals surface area contributed by atoms with Crippen LogP contribution in [0.1, 0.15) is 5.56 Å². The van der Waals surface area contributed by atoms with Crippen molar-refractivity contribution in [3.05, 3.63) is 50.4 Å². The highest BCUT2D eigenvalue weighted by atomic mass is 79.9. The lowest BCUT2D eigenvalue weighted by Crippen LogP contribution is -1.76. The van der Waals surface area contributed by atoms with Gasteiger partial charge in [-0.25, -0.2) is 0 Å². The average molecular weight is 360 g/mol. The number of phenolic OH excluding ortho intramolecular Hbond substituents is 1. The number of rotatable bonds is 2. The molecule has 98 valence electrons. The fourth-order valence-electron chi connectivity index (χ4n) is 1.46. The van der Waals surface area contributed by atoms with Crippen LogP contribution in [-0.2, 0) is 0 Å². The second kappa shape index (κ2) is 5.90. The molecule has 0 bridgehead atoms. The second-order valence-corrected chi connectivity index (χ2v) is 5.61. The van der Waals surface area contributed by atoms with Crippen LogP contribution < -0.4 is 0 Å². The Kier molecular flexibility index (Phi) is 4.45. The minimum atomic E-state index is 0.0411. The van der Waals surface area contributed by atoms with Crippen molar-refractivity contribution in [1.82, 2.24) is 0 Å². The Morgan fingerprint density at radius 3 is 2.42 bits per heavy atom. The molecule has 6 heteroatoms. The smallest absolute Gasteiger partial charge is 0.157 e. The quantitative estimate of drug-likeness (QED) is 0.638. The molecule has 3 nitrogen and oxygen atoms in total. The molecule has 0 amide bonds. The van der Waals surface area contributed by atoms with Crippen LogP contribution in [0.15, 0.2) is 45.0 Å². The summed E-state index contributed by atoms with van der Waals surface area (Å²) >= 11 is 15.0. The highest BCUT2D eigenvalue weighted by Gasteiger charge is 2.06. The Bertz CT molecular complexity index is 659. The second-order valence-electron chi connectivity index (χ2n) is 3.91. The molecule has 0 fully saturated rings. The summed E-state index contributed by atoms with van der Waals surface area (Å²) in [5, 5.41) is 18.8. The van der Waals surface area contributed by atoms with Crippen molar-refractivity contribution in [2.45, 2.75) is 6.92 Å². The molecule has 19 heavy (non-hydrogen) atoms. The molecule has 2 rings (SSSR count). The van der Waals surface area contributed by atoms with Crippen molar-refractivity contribution >= 4 is 50.5 Å². The lowest BCUT2D eigenvalue weighted by atomic mass is 10.2. The first kappa shape index (κ1) is 14.3. The summed E-state index contributed by atoms with van der Waals surface area (Å²) in [5.74, 6) is 0.0411. The number of hydrogen-bond acceptors (Lipinski definition) is 3. The van der Waals surface area contributed by atoms with Crippen LogP contribution in [0.25, 0.3) is 0 Å². The molecular formula is C13H9BrCl2N2O. The van der Waals surface area contributed by atoms with E-state index >= 15 is 0 Å². The highest BCUT2D eigenvalue weighted by molar-refractivity contribution is 9.10. The van der Waals surface area contributed by atoms with Gasteiger partial charge in [0.05, 0.1) is 9.50 Å². The van der Waals surface area contributed by atoms with Gasteiger partial charge in [-0.05, 0) is 58.7 Å². The van der Waals surface area contributed by atoms with Gasteiger partial charge in [0.1, 0.15) is 11.4 Å². The Morgan fingerprint density at radius 2 is 1.74 bits per heavy atom. The third kappa shape index (κ3) is 3.47. The summed E-state index contributed by atoms with van der Waals surface area (Å²) in [6, 6.07) is 8.45. The van der Waals surface area contributed by atoms with Gasteiger partial charge in [-0.2, -0.15) is 0 Å². The van der Waals surface area contributed by atoms with Crippen LogP contribution in [0.2, 0.25) is 10.0 Å². The van der Waals surface area contributed by atoms with Crippen molar-refractivity contribution in [2.75, 3.05) is 0 Å². The number of aromatic hydroxyl groups is 1. The molecule has 0 aliphatic carbocycles. The zero-order valence-corrected chi connectivity index (χ0v) is 13.0. The molecular weight excluding hydrogens is 351 g/mol.